The number of halogens is 5. The van der Waals surface area contributed by atoms with Crippen LogP contribution < -0.4 is 11.0 Å². The van der Waals surface area contributed by atoms with E-state index in [9.17, 15) is 23.1 Å². The Morgan fingerprint density at radius 3 is 2.45 bits per heavy atom. The summed E-state index contributed by atoms with van der Waals surface area (Å²) in [7, 11) is 0. The molecule has 2 N–H and O–H groups in total. The van der Waals surface area contributed by atoms with Crippen LogP contribution in [0.15, 0.2) is 53.3 Å². The average molecular weight is 598 g/mol. The molecule has 1 aliphatic heterocycles. The van der Waals surface area contributed by atoms with Crippen LogP contribution in [0.2, 0.25) is 10.0 Å². The highest BCUT2D eigenvalue weighted by Gasteiger charge is 2.39. The molecular weight excluding hydrogens is 574 g/mol. The molecule has 0 amide bonds. The fourth-order valence-corrected chi connectivity index (χ4v) is 4.45. The Labute approximate surface area is 235 Å². The first-order chi connectivity index (χ1) is 18.9. The number of aliphatic hydroxyl groups is 1. The van der Waals surface area contributed by atoms with Crippen molar-refractivity contribution in [2.75, 3.05) is 25.1 Å². The second-order valence-electron chi connectivity index (χ2n) is 9.81. The van der Waals surface area contributed by atoms with E-state index in [2.05, 4.69) is 27.4 Å². The molecule has 0 bridgehead atoms. The molecule has 1 unspecified atom stereocenters. The lowest BCUT2D eigenvalue weighted by molar-refractivity contribution is -0.207. The molecule has 3 heterocycles. The first-order valence-electron chi connectivity index (χ1n) is 12.1. The van der Waals surface area contributed by atoms with Crippen molar-refractivity contribution in [3.63, 3.8) is 0 Å². The van der Waals surface area contributed by atoms with E-state index in [4.69, 9.17) is 27.9 Å². The highest BCUT2D eigenvalue weighted by Crippen LogP contribution is 2.28. The molecule has 2 aromatic carbocycles. The minimum atomic E-state index is -4.93. The van der Waals surface area contributed by atoms with Crippen LogP contribution in [0.4, 0.5) is 19.1 Å². The number of aliphatic hydroxyl groups excluding tert-OH is 1. The van der Waals surface area contributed by atoms with Crippen LogP contribution in [0.1, 0.15) is 12.7 Å². The normalized spacial score (nSPS) is 15.6. The number of nitrogens with one attached hydrogen (secondary N) is 1. The zero-order valence-electron chi connectivity index (χ0n) is 21.1. The third-order valence-corrected chi connectivity index (χ3v) is 6.93. The van der Waals surface area contributed by atoms with Gasteiger partial charge in [0.1, 0.15) is 6.54 Å². The number of para-hydroxylation sites is 1. The third-order valence-electron chi connectivity index (χ3n) is 6.36. The fraction of sp³-hybridized carbons (Fsp3) is 0.360. The van der Waals surface area contributed by atoms with Crippen LogP contribution in [0, 0.1) is 5.41 Å². The molecule has 1 aliphatic rings. The minimum Gasteiger partial charge on any atom is -0.382 e. The first kappa shape index (κ1) is 28.1. The second kappa shape index (κ2) is 10.9. The molecule has 0 radical (unpaired) electrons. The predicted octanol–water partition coefficient (Wildman–Crippen LogP) is 4.02. The van der Waals surface area contributed by atoms with Crippen molar-refractivity contribution >= 4 is 29.2 Å². The zero-order valence-corrected chi connectivity index (χ0v) is 22.6. The Kier molecular flexibility index (Phi) is 7.66. The molecule has 212 valence electrons. The van der Waals surface area contributed by atoms with E-state index in [1.807, 2.05) is 0 Å². The van der Waals surface area contributed by atoms with Crippen molar-refractivity contribution < 1.29 is 23.0 Å². The van der Waals surface area contributed by atoms with Gasteiger partial charge < -0.3 is 15.2 Å². The Morgan fingerprint density at radius 1 is 1.12 bits per heavy atom. The highest BCUT2D eigenvalue weighted by molar-refractivity contribution is 6.32. The predicted molar refractivity (Wildman–Crippen MR) is 142 cm³/mol. The molecule has 15 heteroatoms. The van der Waals surface area contributed by atoms with Gasteiger partial charge in [-0.2, -0.15) is 22.8 Å². The molecule has 4 aromatic rings. The number of ether oxygens (including phenoxy) is 1. The maximum Gasteiger partial charge on any atom is 0.416 e. The molecule has 5 rings (SSSR count). The van der Waals surface area contributed by atoms with Crippen molar-refractivity contribution in [3.05, 3.63) is 74.9 Å². The van der Waals surface area contributed by atoms with Crippen LogP contribution in [0.25, 0.3) is 17.1 Å². The van der Waals surface area contributed by atoms with Gasteiger partial charge in [-0.05, 0) is 36.4 Å². The number of hydrogen-bond donors (Lipinski definition) is 2. The molecule has 1 saturated heterocycles. The summed E-state index contributed by atoms with van der Waals surface area (Å²) >= 11 is 12.4. The summed E-state index contributed by atoms with van der Waals surface area (Å²) in [6.45, 7) is 2.44. The summed E-state index contributed by atoms with van der Waals surface area (Å²) in [5, 5.41) is 22.6. The van der Waals surface area contributed by atoms with Crippen molar-refractivity contribution in [1.29, 1.82) is 0 Å². The molecule has 0 saturated carbocycles. The molecule has 40 heavy (non-hydrogen) atoms. The number of alkyl halides is 3. The maximum absolute atomic E-state index is 13.3. The van der Waals surface area contributed by atoms with Crippen molar-refractivity contribution in [3.8, 4) is 17.1 Å². The van der Waals surface area contributed by atoms with Crippen LogP contribution in [-0.4, -0.2) is 66.3 Å². The monoisotopic (exact) mass is 597 g/mol. The van der Waals surface area contributed by atoms with Crippen molar-refractivity contribution in [1.82, 2.24) is 29.1 Å². The quantitative estimate of drug-likeness (QED) is 0.300. The van der Waals surface area contributed by atoms with Gasteiger partial charge in [-0.1, -0.05) is 42.3 Å². The molecule has 10 nitrogen and oxygen atoms in total. The van der Waals surface area contributed by atoms with Crippen molar-refractivity contribution in [2.45, 2.75) is 32.3 Å². The molecule has 1 atom stereocenters. The topological polar surface area (TPSA) is 112 Å². The molecule has 0 aliphatic carbocycles. The largest absolute Gasteiger partial charge is 0.416 e. The van der Waals surface area contributed by atoms with E-state index < -0.39 is 24.5 Å². The Balaban J connectivity index is 1.52. The number of hydrogen-bond acceptors (Lipinski definition) is 7. The molecule has 0 spiro atoms. The lowest BCUT2D eigenvalue weighted by Crippen LogP contribution is -2.45. The molecular formula is C25H24Cl2F3N7O3. The van der Waals surface area contributed by atoms with Gasteiger partial charge >= 0.3 is 11.9 Å². The van der Waals surface area contributed by atoms with E-state index in [0.29, 0.717) is 47.0 Å². The van der Waals surface area contributed by atoms with Gasteiger partial charge in [0.15, 0.2) is 17.8 Å². The number of anilines is 1. The van der Waals surface area contributed by atoms with Gasteiger partial charge in [0, 0.05) is 22.5 Å². The van der Waals surface area contributed by atoms with Crippen LogP contribution in [0.5, 0.6) is 0 Å². The lowest BCUT2D eigenvalue weighted by Gasteiger charge is -2.38. The number of nitrogens with zero attached hydrogens (tertiary/aromatic N) is 6. The summed E-state index contributed by atoms with van der Waals surface area (Å²) in [4.78, 5) is 17.8. The Morgan fingerprint density at radius 2 is 1.82 bits per heavy atom. The van der Waals surface area contributed by atoms with Crippen LogP contribution in [0.3, 0.4) is 0 Å². The third kappa shape index (κ3) is 5.87. The summed E-state index contributed by atoms with van der Waals surface area (Å²) in [5.41, 5.74) is -0.105. The zero-order chi connectivity index (χ0) is 28.7. The average Bonchev–Trinajstić information content (AvgIpc) is 3.42. The Hall–Kier alpha value is -3.39. The first-order valence-corrected chi connectivity index (χ1v) is 12.9. The number of benzene rings is 2. The SMILES string of the molecule is CC1(CNc2nc(Cn3nc(-c4ccc(Cl)cc4)n(CC(O)C(F)(F)F)c3=O)nn2-c2ccccc2Cl)COC1. The summed E-state index contributed by atoms with van der Waals surface area (Å²) in [6, 6.07) is 13.1. The molecule has 2 aromatic heterocycles. The number of rotatable bonds is 9. The van der Waals surface area contributed by atoms with E-state index >= 15 is 0 Å². The Bertz CT molecular complexity index is 1560. The van der Waals surface area contributed by atoms with Gasteiger partial charge in [-0.15, -0.1) is 10.2 Å². The highest BCUT2D eigenvalue weighted by atomic mass is 35.5. The van der Waals surface area contributed by atoms with E-state index in [-0.39, 0.29) is 23.6 Å². The summed E-state index contributed by atoms with van der Waals surface area (Å²) in [5.74, 6) is 0.434. The van der Waals surface area contributed by atoms with Crippen LogP contribution in [-0.2, 0) is 17.8 Å². The van der Waals surface area contributed by atoms with E-state index in [0.717, 1.165) is 9.25 Å². The lowest BCUT2D eigenvalue weighted by atomic mass is 9.89. The fourth-order valence-electron chi connectivity index (χ4n) is 4.10. The summed E-state index contributed by atoms with van der Waals surface area (Å²) in [6.07, 6.45) is -7.71. The second-order valence-corrected chi connectivity index (χ2v) is 10.7. The van der Waals surface area contributed by atoms with Gasteiger partial charge in [-0.25, -0.2) is 9.48 Å². The van der Waals surface area contributed by atoms with E-state index in [1.165, 1.54) is 28.9 Å². The van der Waals surface area contributed by atoms with Gasteiger partial charge in [0.25, 0.3) is 0 Å². The molecule has 1 fully saturated rings. The van der Waals surface area contributed by atoms with Gasteiger partial charge in [-0.3, -0.25) is 4.57 Å². The number of aromatic nitrogens is 6. The maximum atomic E-state index is 13.3. The van der Waals surface area contributed by atoms with Gasteiger partial charge in [0.05, 0.1) is 30.5 Å². The van der Waals surface area contributed by atoms with E-state index in [1.54, 1.807) is 24.3 Å². The van der Waals surface area contributed by atoms with Crippen LogP contribution >= 0.6 is 23.2 Å². The van der Waals surface area contributed by atoms with Gasteiger partial charge in [0.2, 0.25) is 5.95 Å². The summed E-state index contributed by atoms with van der Waals surface area (Å²) < 4.78 is 48.1. The smallest absolute Gasteiger partial charge is 0.382 e. The standard InChI is InChI=1S/C25H24Cl2F3N7O3/c1-24(13-40-14-24)12-31-22-32-20(33-37(22)18-5-3-2-4-17(18)27)11-36-23(39)35(10-19(38)25(28,29)30)21(34-36)15-6-8-16(26)9-7-15/h2-9,19,38H,10-14H2,1H3,(H,31,32,33). The minimum absolute atomic E-state index is 0.0771. The van der Waals surface area contributed by atoms with Crippen molar-refractivity contribution in [2.24, 2.45) is 5.41 Å².